The highest BCUT2D eigenvalue weighted by atomic mass is 79.9. The highest BCUT2D eigenvalue weighted by Gasteiger charge is 2.64. The van der Waals surface area contributed by atoms with E-state index in [0.29, 0.717) is 76.5 Å². The Morgan fingerprint density at radius 1 is 0.441 bits per heavy atom. The summed E-state index contributed by atoms with van der Waals surface area (Å²) in [4.78, 5) is 79.4. The fourth-order valence-corrected chi connectivity index (χ4v) is 17.8. The maximum Gasteiger partial charge on any atom is 0.229 e. The Kier molecular flexibility index (Phi) is 16.6. The molecular formula is C72H69Br3N18O9. The van der Waals surface area contributed by atoms with Crippen LogP contribution in [0.1, 0.15) is 102 Å². The molecule has 2 amide bonds. The number of aromatic nitrogens is 12. The van der Waals surface area contributed by atoms with Crippen molar-refractivity contribution in [2.45, 2.75) is 126 Å². The van der Waals surface area contributed by atoms with E-state index in [-0.39, 0.29) is 36.2 Å². The lowest BCUT2D eigenvalue weighted by atomic mass is 9.79. The van der Waals surface area contributed by atoms with Crippen molar-refractivity contribution in [3.8, 4) is 0 Å². The number of amides is 2. The van der Waals surface area contributed by atoms with Gasteiger partial charge in [-0.3, -0.25) is 14.4 Å². The van der Waals surface area contributed by atoms with Gasteiger partial charge < -0.3 is 77.5 Å². The standard InChI is InChI=1S/3C24H23BrN6O3/c1-11-14-4-5-31(23(14)29-10-28-11)17-8-24(21(34)19(17)32)9-27-18(20(24)33)13-3-2-12-6-15(25)22(26)30-16(12)7-13;2*1-11-14-4-5-31(22(14)28-10-27-11)18-9-24(20(33)19(18)32)8-17(30-23(24)34)13-3-2-12-6-15(25)21(26)29-16(12)7-13/h2-7,10,17-19,21,27,32,34H,8-9H2,1H3,(H2,26,30);2*2-7,10,17-20,32-33H,8-9H2,1H3,(H2,26,29)(H,30,34)/t17-,18-,19+,21+,24+;17-,18+,19-,20-,24+;17-,18-,19+,20+,24-/m101/s1. The molecule has 30 heteroatoms. The topological polar surface area (TPSA) is 418 Å². The molecule has 3 aliphatic carbocycles. The number of rotatable bonds is 6. The maximum atomic E-state index is 13.8. The lowest BCUT2D eigenvalue weighted by Crippen LogP contribution is -2.42. The zero-order chi connectivity index (χ0) is 71.3. The number of aryl methyl sites for hydroxylation is 3. The molecule has 102 heavy (non-hydrogen) atoms. The van der Waals surface area contributed by atoms with Gasteiger partial charge in [0.25, 0.3) is 0 Å². The Labute approximate surface area is 605 Å². The summed E-state index contributed by atoms with van der Waals surface area (Å²) in [7, 11) is 0. The van der Waals surface area contributed by atoms with Crippen LogP contribution in [0.2, 0.25) is 0 Å². The highest BCUT2D eigenvalue weighted by Crippen LogP contribution is 2.56. The summed E-state index contributed by atoms with van der Waals surface area (Å²) >= 11 is 10.2. The lowest BCUT2D eigenvalue weighted by Gasteiger charge is -2.25. The van der Waals surface area contributed by atoms with E-state index in [4.69, 9.17) is 17.2 Å². The Morgan fingerprint density at radius 3 is 1.15 bits per heavy atom. The minimum absolute atomic E-state index is 0.131. The molecular weight excluding hydrogens is 1500 g/mol. The van der Waals surface area contributed by atoms with Crippen LogP contribution in [0, 0.1) is 37.0 Å². The Hall–Kier alpha value is -9.08. The average Bonchev–Trinajstić information content (AvgIpc) is 1.58. The number of pyridine rings is 3. The molecule has 3 spiro atoms. The fourth-order valence-electron chi connectivity index (χ4n) is 16.8. The summed E-state index contributed by atoms with van der Waals surface area (Å²) in [6.45, 7) is 5.97. The van der Waals surface area contributed by atoms with Crippen LogP contribution in [-0.4, -0.2) is 150 Å². The van der Waals surface area contributed by atoms with E-state index in [1.165, 1.54) is 19.0 Å². The van der Waals surface area contributed by atoms with E-state index in [1.54, 1.807) is 0 Å². The number of nitrogens with zero attached hydrogens (tertiary/aromatic N) is 12. The molecule has 18 rings (SSSR count). The Bertz CT molecular complexity index is 5110. The normalized spacial score (nSPS) is 29.0. The summed E-state index contributed by atoms with van der Waals surface area (Å²) in [5.41, 5.74) is 23.7. The molecule has 27 nitrogen and oxygen atoms in total. The van der Waals surface area contributed by atoms with Gasteiger partial charge in [0, 0.05) is 57.5 Å². The van der Waals surface area contributed by atoms with Gasteiger partial charge in [0.1, 0.15) is 71.7 Å². The summed E-state index contributed by atoms with van der Waals surface area (Å²) in [6, 6.07) is 26.0. The largest absolute Gasteiger partial charge is 0.389 e. The van der Waals surface area contributed by atoms with Crippen LogP contribution in [0.5, 0.6) is 0 Å². The van der Waals surface area contributed by atoms with Gasteiger partial charge >= 0.3 is 0 Å². The monoisotopic (exact) mass is 1570 g/mol. The predicted octanol–water partition coefficient (Wildman–Crippen LogP) is 7.29. The smallest absolute Gasteiger partial charge is 0.229 e. The number of aliphatic hydroxyl groups is 6. The number of carbonyl (C=O) groups is 3. The minimum Gasteiger partial charge on any atom is -0.389 e. The van der Waals surface area contributed by atoms with Crippen molar-refractivity contribution in [1.82, 2.24) is 74.5 Å². The van der Waals surface area contributed by atoms with Gasteiger partial charge in [0.05, 0.1) is 118 Å². The number of ketones is 1. The fraction of sp³-hybridized carbons (Fsp3) is 0.333. The Balaban J connectivity index is 0.000000118. The minimum atomic E-state index is -1.20. The van der Waals surface area contributed by atoms with Gasteiger partial charge in [-0.05, 0) is 172 Å². The van der Waals surface area contributed by atoms with Crippen molar-refractivity contribution in [2.24, 2.45) is 16.2 Å². The van der Waals surface area contributed by atoms with Crippen molar-refractivity contribution in [3.63, 3.8) is 0 Å². The molecule has 3 aromatic carbocycles. The van der Waals surface area contributed by atoms with Crippen molar-refractivity contribution >= 4 is 149 Å². The van der Waals surface area contributed by atoms with Gasteiger partial charge in [-0.2, -0.15) is 0 Å². The number of benzene rings is 3. The molecule has 0 bridgehead atoms. The molecule has 0 radical (unpaired) electrons. The number of fused-ring (bicyclic) bond motifs is 6. The van der Waals surface area contributed by atoms with Crippen molar-refractivity contribution < 1.29 is 45.0 Å². The van der Waals surface area contributed by atoms with Gasteiger partial charge in [0.2, 0.25) is 11.8 Å². The van der Waals surface area contributed by atoms with E-state index in [2.05, 4.69) is 109 Å². The predicted molar refractivity (Wildman–Crippen MR) is 389 cm³/mol. The van der Waals surface area contributed by atoms with Gasteiger partial charge in [-0.1, -0.05) is 36.4 Å². The lowest BCUT2D eigenvalue weighted by molar-refractivity contribution is -0.135. The van der Waals surface area contributed by atoms with Crippen LogP contribution in [-0.2, 0) is 14.4 Å². The molecule has 15 N–H and O–H groups in total. The molecule has 9 aromatic heterocycles. The van der Waals surface area contributed by atoms with Gasteiger partial charge in [-0.25, -0.2) is 44.9 Å². The number of nitrogens with two attached hydrogens (primary N) is 3. The van der Waals surface area contributed by atoms with E-state index in [9.17, 15) is 45.0 Å². The number of hydrogen-bond donors (Lipinski definition) is 12. The average molecular weight is 1570 g/mol. The third kappa shape index (κ3) is 10.7. The van der Waals surface area contributed by atoms with E-state index in [1.807, 2.05) is 144 Å². The first-order valence-corrected chi connectivity index (χ1v) is 35.6. The van der Waals surface area contributed by atoms with Crippen molar-refractivity contribution in [1.29, 1.82) is 0 Å². The molecule has 3 aliphatic heterocycles. The number of Topliss-reactive ketones (excluding diaryl/α,β-unsaturated/α-hetero) is 1. The molecule has 6 fully saturated rings. The summed E-state index contributed by atoms with van der Waals surface area (Å²) < 4.78 is 7.74. The SMILES string of the molecule is Cc1ncnc2c1ccn2[C@@H]1C[C@@]2(CN[C@H](c3ccc4cc(Br)c(N)nc4c3)C2=O)[C@@H](O)[C@H]1O.Cc1ncnc2c1ccn2[C@@H]1C[C@]2(C[C@@H](c3ccc4cc(Br)c(N)nc4c3)NC2=O)[C@@H](O)[C@H]1O.Cc1ncnc2c1ccn2[C@@H]1C[C@]2(C[C@H](c3ccc4cc(Br)c(N)nc4c3)NC2=O)[C@@H](O)[C@H]1O. The van der Waals surface area contributed by atoms with Gasteiger partial charge in [0.15, 0.2) is 5.78 Å². The highest BCUT2D eigenvalue weighted by molar-refractivity contribution is 9.11. The van der Waals surface area contributed by atoms with Gasteiger partial charge in [-0.15, -0.1) is 0 Å². The first kappa shape index (κ1) is 67.4. The van der Waals surface area contributed by atoms with Crippen LogP contribution in [0.4, 0.5) is 17.5 Å². The summed E-state index contributed by atoms with van der Waals surface area (Å²) in [5, 5.41) is 81.3. The number of nitrogen functional groups attached to an aromatic ring is 3. The van der Waals surface area contributed by atoms with Crippen LogP contribution in [0.15, 0.2) is 142 Å². The zero-order valence-electron chi connectivity index (χ0n) is 54.9. The molecule has 12 heterocycles. The van der Waals surface area contributed by atoms with Crippen molar-refractivity contribution in [3.05, 3.63) is 176 Å². The van der Waals surface area contributed by atoms with E-state index in [0.717, 1.165) is 86.1 Å². The molecule has 3 saturated carbocycles. The second-order valence-electron chi connectivity index (χ2n) is 27.9. The quantitative estimate of drug-likeness (QED) is 0.0777. The first-order chi connectivity index (χ1) is 48.9. The number of hydrogen-bond acceptors (Lipinski definition) is 22. The first-order valence-electron chi connectivity index (χ1n) is 33.3. The third-order valence-electron chi connectivity index (χ3n) is 22.4. The van der Waals surface area contributed by atoms with E-state index >= 15 is 0 Å². The molecule has 6 aliphatic rings. The third-order valence-corrected chi connectivity index (χ3v) is 24.3. The van der Waals surface area contributed by atoms with Crippen LogP contribution in [0.25, 0.3) is 65.8 Å². The molecule has 12 aromatic rings. The number of aliphatic hydroxyl groups excluding tert-OH is 6. The van der Waals surface area contributed by atoms with Crippen LogP contribution >= 0.6 is 47.8 Å². The van der Waals surface area contributed by atoms with E-state index < -0.39 is 77.0 Å². The molecule has 3 saturated heterocycles. The summed E-state index contributed by atoms with van der Waals surface area (Å²) in [5.74, 6) is 0.531. The number of halogens is 3. The summed E-state index contributed by atoms with van der Waals surface area (Å²) in [6.07, 6.45) is 4.70. The zero-order valence-corrected chi connectivity index (χ0v) is 59.7. The second kappa shape index (κ2) is 25.1. The maximum absolute atomic E-state index is 13.8. The molecule has 522 valence electrons. The number of nitrogens with one attached hydrogen (secondary N) is 3. The molecule has 15 atom stereocenters. The van der Waals surface area contributed by atoms with Crippen LogP contribution < -0.4 is 33.2 Å². The van der Waals surface area contributed by atoms with Crippen molar-refractivity contribution in [2.75, 3.05) is 23.7 Å². The number of carbonyl (C=O) groups excluding carboxylic acids is 3. The number of anilines is 3. The Morgan fingerprint density at radius 2 is 0.775 bits per heavy atom. The molecule has 0 unspecified atom stereocenters. The van der Waals surface area contributed by atoms with Crippen LogP contribution in [0.3, 0.4) is 0 Å². The second-order valence-corrected chi connectivity index (χ2v) is 30.5.